The monoisotopic (exact) mass is 193 g/mol. The van der Waals surface area contributed by atoms with Crippen molar-refractivity contribution in [2.45, 2.75) is 19.4 Å². The SMILES string of the molecule is CC(N)Cc1cc(F)c2occc2c1. The van der Waals surface area contributed by atoms with Crippen molar-refractivity contribution in [3.05, 3.63) is 35.8 Å². The second kappa shape index (κ2) is 3.42. The van der Waals surface area contributed by atoms with Gasteiger partial charge in [0.2, 0.25) is 0 Å². The zero-order valence-corrected chi connectivity index (χ0v) is 7.96. The number of nitrogens with two attached hydrogens (primary N) is 1. The molecule has 2 rings (SSSR count). The molecule has 0 aliphatic heterocycles. The van der Waals surface area contributed by atoms with Gasteiger partial charge in [-0.15, -0.1) is 0 Å². The molecule has 0 fully saturated rings. The average molecular weight is 193 g/mol. The van der Waals surface area contributed by atoms with Crippen LogP contribution in [-0.4, -0.2) is 6.04 Å². The van der Waals surface area contributed by atoms with Crippen LogP contribution >= 0.6 is 0 Å². The van der Waals surface area contributed by atoms with Crippen LogP contribution in [0.3, 0.4) is 0 Å². The summed E-state index contributed by atoms with van der Waals surface area (Å²) in [6.45, 7) is 1.90. The van der Waals surface area contributed by atoms with Crippen LogP contribution in [0.15, 0.2) is 28.9 Å². The molecule has 2 N–H and O–H groups in total. The molecule has 0 aliphatic rings. The number of halogens is 1. The lowest BCUT2D eigenvalue weighted by Crippen LogP contribution is -2.17. The van der Waals surface area contributed by atoms with E-state index in [1.807, 2.05) is 13.0 Å². The normalized spacial score (nSPS) is 13.4. The van der Waals surface area contributed by atoms with Gasteiger partial charge in [-0.3, -0.25) is 0 Å². The Balaban J connectivity index is 2.47. The van der Waals surface area contributed by atoms with Crippen molar-refractivity contribution in [1.82, 2.24) is 0 Å². The van der Waals surface area contributed by atoms with Crippen molar-refractivity contribution in [2.75, 3.05) is 0 Å². The van der Waals surface area contributed by atoms with E-state index in [-0.39, 0.29) is 11.9 Å². The second-order valence-electron chi connectivity index (χ2n) is 3.60. The molecule has 0 radical (unpaired) electrons. The Labute approximate surface area is 81.5 Å². The van der Waals surface area contributed by atoms with Gasteiger partial charge in [-0.05, 0) is 37.1 Å². The molecule has 2 aromatic rings. The van der Waals surface area contributed by atoms with E-state index < -0.39 is 0 Å². The Morgan fingerprint density at radius 3 is 3.00 bits per heavy atom. The largest absolute Gasteiger partial charge is 0.461 e. The zero-order chi connectivity index (χ0) is 10.1. The Morgan fingerprint density at radius 2 is 2.29 bits per heavy atom. The maximum Gasteiger partial charge on any atom is 0.169 e. The molecule has 74 valence electrons. The Morgan fingerprint density at radius 1 is 1.50 bits per heavy atom. The predicted molar refractivity (Wildman–Crippen MR) is 53.5 cm³/mol. The first kappa shape index (κ1) is 9.21. The lowest BCUT2D eigenvalue weighted by molar-refractivity contribution is 0.558. The summed E-state index contributed by atoms with van der Waals surface area (Å²) in [5.41, 5.74) is 6.87. The molecule has 1 aromatic carbocycles. The summed E-state index contributed by atoms with van der Waals surface area (Å²) in [7, 11) is 0. The van der Waals surface area contributed by atoms with Crippen molar-refractivity contribution in [3.8, 4) is 0 Å². The molecule has 1 aromatic heterocycles. The molecule has 0 amide bonds. The summed E-state index contributed by atoms with van der Waals surface area (Å²) in [6.07, 6.45) is 2.17. The number of rotatable bonds is 2. The number of hydrogen-bond donors (Lipinski definition) is 1. The highest BCUT2D eigenvalue weighted by atomic mass is 19.1. The third-order valence-corrected chi connectivity index (χ3v) is 2.12. The average Bonchev–Trinajstić information content (AvgIpc) is 2.50. The highest BCUT2D eigenvalue weighted by Crippen LogP contribution is 2.21. The molecule has 0 saturated carbocycles. The molecule has 0 spiro atoms. The van der Waals surface area contributed by atoms with Crippen LogP contribution in [0.1, 0.15) is 12.5 Å². The third kappa shape index (κ3) is 1.63. The van der Waals surface area contributed by atoms with E-state index in [1.165, 1.54) is 12.3 Å². The molecule has 1 atom stereocenters. The van der Waals surface area contributed by atoms with Crippen LogP contribution in [0, 0.1) is 5.82 Å². The van der Waals surface area contributed by atoms with Crippen LogP contribution < -0.4 is 5.73 Å². The molecule has 2 nitrogen and oxygen atoms in total. The maximum atomic E-state index is 13.4. The van der Waals surface area contributed by atoms with Gasteiger partial charge < -0.3 is 10.2 Å². The number of hydrogen-bond acceptors (Lipinski definition) is 2. The van der Waals surface area contributed by atoms with E-state index in [9.17, 15) is 4.39 Å². The van der Waals surface area contributed by atoms with E-state index >= 15 is 0 Å². The fraction of sp³-hybridized carbons (Fsp3) is 0.273. The lowest BCUT2D eigenvalue weighted by Gasteiger charge is -2.05. The van der Waals surface area contributed by atoms with Crippen LogP contribution in [0.25, 0.3) is 11.0 Å². The molecule has 1 unspecified atom stereocenters. The smallest absolute Gasteiger partial charge is 0.169 e. The first-order valence-corrected chi connectivity index (χ1v) is 4.58. The van der Waals surface area contributed by atoms with E-state index in [0.29, 0.717) is 12.0 Å². The molecular weight excluding hydrogens is 181 g/mol. The summed E-state index contributed by atoms with van der Waals surface area (Å²) in [4.78, 5) is 0. The van der Waals surface area contributed by atoms with Crippen LogP contribution in [-0.2, 0) is 6.42 Å². The Kier molecular flexibility index (Phi) is 2.25. The van der Waals surface area contributed by atoms with Gasteiger partial charge in [-0.1, -0.05) is 0 Å². The van der Waals surface area contributed by atoms with Gasteiger partial charge in [0.25, 0.3) is 0 Å². The zero-order valence-electron chi connectivity index (χ0n) is 7.96. The summed E-state index contributed by atoms with van der Waals surface area (Å²) >= 11 is 0. The Hall–Kier alpha value is -1.35. The molecular formula is C11H12FNO. The molecule has 0 aliphatic carbocycles. The first-order valence-electron chi connectivity index (χ1n) is 4.58. The fourth-order valence-corrected chi connectivity index (χ4v) is 1.59. The van der Waals surface area contributed by atoms with Gasteiger partial charge in [0, 0.05) is 11.4 Å². The second-order valence-corrected chi connectivity index (χ2v) is 3.60. The highest BCUT2D eigenvalue weighted by Gasteiger charge is 2.07. The van der Waals surface area contributed by atoms with Gasteiger partial charge in [0.15, 0.2) is 11.4 Å². The van der Waals surface area contributed by atoms with Crippen molar-refractivity contribution in [3.63, 3.8) is 0 Å². The van der Waals surface area contributed by atoms with Crippen molar-refractivity contribution in [2.24, 2.45) is 5.73 Å². The maximum absolute atomic E-state index is 13.4. The van der Waals surface area contributed by atoms with Gasteiger partial charge in [-0.25, -0.2) is 4.39 Å². The van der Waals surface area contributed by atoms with Crippen LogP contribution in [0.5, 0.6) is 0 Å². The van der Waals surface area contributed by atoms with Crippen molar-refractivity contribution < 1.29 is 8.81 Å². The van der Waals surface area contributed by atoms with Gasteiger partial charge in [-0.2, -0.15) is 0 Å². The van der Waals surface area contributed by atoms with Gasteiger partial charge >= 0.3 is 0 Å². The van der Waals surface area contributed by atoms with E-state index in [0.717, 1.165) is 10.9 Å². The van der Waals surface area contributed by atoms with Gasteiger partial charge in [0.05, 0.1) is 6.26 Å². The van der Waals surface area contributed by atoms with E-state index in [4.69, 9.17) is 10.2 Å². The first-order chi connectivity index (χ1) is 6.66. The molecule has 0 bridgehead atoms. The fourth-order valence-electron chi connectivity index (χ4n) is 1.59. The van der Waals surface area contributed by atoms with E-state index in [1.54, 1.807) is 6.07 Å². The minimum Gasteiger partial charge on any atom is -0.461 e. The Bertz CT molecular complexity index is 447. The summed E-state index contributed by atoms with van der Waals surface area (Å²) in [5, 5.41) is 0.792. The summed E-state index contributed by atoms with van der Waals surface area (Å²) < 4.78 is 18.4. The topological polar surface area (TPSA) is 39.2 Å². The number of furan rings is 1. The number of fused-ring (bicyclic) bond motifs is 1. The minimum atomic E-state index is -0.317. The van der Waals surface area contributed by atoms with Crippen LogP contribution in [0.2, 0.25) is 0 Å². The molecule has 14 heavy (non-hydrogen) atoms. The van der Waals surface area contributed by atoms with Crippen LogP contribution in [0.4, 0.5) is 4.39 Å². The van der Waals surface area contributed by atoms with E-state index in [2.05, 4.69) is 0 Å². The quantitative estimate of drug-likeness (QED) is 0.795. The molecule has 0 saturated heterocycles. The van der Waals surface area contributed by atoms with Crippen molar-refractivity contribution >= 4 is 11.0 Å². The minimum absolute atomic E-state index is 0.0405. The summed E-state index contributed by atoms with van der Waals surface area (Å²) in [5.74, 6) is -0.317. The standard InChI is InChI=1S/C11H12FNO/c1-7(13)4-8-5-9-2-3-14-11(9)10(12)6-8/h2-3,5-7H,4,13H2,1H3. The number of benzene rings is 1. The van der Waals surface area contributed by atoms with Crippen molar-refractivity contribution in [1.29, 1.82) is 0 Å². The lowest BCUT2D eigenvalue weighted by atomic mass is 10.1. The molecule has 1 heterocycles. The highest BCUT2D eigenvalue weighted by molar-refractivity contribution is 5.78. The summed E-state index contributed by atoms with van der Waals surface area (Å²) in [6, 6.07) is 5.18. The third-order valence-electron chi connectivity index (χ3n) is 2.12. The van der Waals surface area contributed by atoms with Gasteiger partial charge in [0.1, 0.15) is 0 Å². The molecule has 3 heteroatoms. The predicted octanol–water partition coefficient (Wildman–Crippen LogP) is 2.46.